The molecule has 2 N–H and O–H groups in total. The number of ether oxygens (including phenoxy) is 1. The fourth-order valence-corrected chi connectivity index (χ4v) is 4.51. The lowest BCUT2D eigenvalue weighted by Crippen LogP contribution is -2.31. The summed E-state index contributed by atoms with van der Waals surface area (Å²) in [6.45, 7) is 4.62. The van der Waals surface area contributed by atoms with Gasteiger partial charge in [-0.2, -0.15) is 0 Å². The van der Waals surface area contributed by atoms with Crippen molar-refractivity contribution < 1.29 is 14.9 Å². The van der Waals surface area contributed by atoms with Crippen LogP contribution in [0.25, 0.3) is 0 Å². The van der Waals surface area contributed by atoms with Crippen LogP contribution in [0.3, 0.4) is 0 Å². The number of benzene rings is 2. The van der Waals surface area contributed by atoms with E-state index in [0.717, 1.165) is 29.7 Å². The number of rotatable bonds is 1. The molecule has 1 fully saturated rings. The second-order valence-electron chi connectivity index (χ2n) is 7.52. The molecule has 2 aliphatic rings. The van der Waals surface area contributed by atoms with Crippen molar-refractivity contribution in [1.29, 1.82) is 0 Å². The van der Waals surface area contributed by atoms with Crippen molar-refractivity contribution in [3.63, 3.8) is 0 Å². The van der Waals surface area contributed by atoms with Crippen molar-refractivity contribution in [3.8, 4) is 17.2 Å². The van der Waals surface area contributed by atoms with E-state index in [2.05, 4.69) is 13.8 Å². The molecule has 23 heavy (non-hydrogen) atoms. The lowest BCUT2D eigenvalue weighted by Gasteiger charge is -2.41. The minimum atomic E-state index is -0.000539. The molecule has 0 saturated heterocycles. The first-order chi connectivity index (χ1) is 11.0. The van der Waals surface area contributed by atoms with Crippen molar-refractivity contribution in [2.45, 2.75) is 38.7 Å². The molecule has 3 heteroatoms. The van der Waals surface area contributed by atoms with Gasteiger partial charge >= 0.3 is 0 Å². The molecule has 1 aliphatic heterocycles. The summed E-state index contributed by atoms with van der Waals surface area (Å²) in [5.41, 5.74) is 2.42. The molecule has 2 aromatic rings. The van der Waals surface area contributed by atoms with Gasteiger partial charge in [-0.15, -0.1) is 0 Å². The Labute approximate surface area is 136 Å². The zero-order valence-corrected chi connectivity index (χ0v) is 13.5. The lowest BCUT2D eigenvalue weighted by molar-refractivity contribution is 0.0869. The van der Waals surface area contributed by atoms with Crippen molar-refractivity contribution in [2.24, 2.45) is 11.3 Å². The second kappa shape index (κ2) is 4.92. The Hall–Kier alpha value is -2.16. The highest BCUT2D eigenvalue weighted by molar-refractivity contribution is 5.46. The Kier molecular flexibility index (Phi) is 3.09. The van der Waals surface area contributed by atoms with Gasteiger partial charge in [-0.1, -0.05) is 26.0 Å². The summed E-state index contributed by atoms with van der Waals surface area (Å²) in [5.74, 6) is 2.22. The molecule has 2 aromatic carbocycles. The van der Waals surface area contributed by atoms with Crippen LogP contribution in [-0.2, 0) is 0 Å². The first-order valence-corrected chi connectivity index (χ1v) is 8.24. The first-order valence-electron chi connectivity index (χ1n) is 8.24. The Morgan fingerprint density at radius 3 is 2.43 bits per heavy atom. The fourth-order valence-electron chi connectivity index (χ4n) is 4.51. The number of fused-ring (bicyclic) bond motifs is 3. The van der Waals surface area contributed by atoms with Crippen LogP contribution in [0, 0.1) is 11.3 Å². The molecule has 1 aliphatic carbocycles. The van der Waals surface area contributed by atoms with Gasteiger partial charge < -0.3 is 14.9 Å². The van der Waals surface area contributed by atoms with Crippen molar-refractivity contribution >= 4 is 0 Å². The van der Waals surface area contributed by atoms with Gasteiger partial charge in [-0.05, 0) is 60.1 Å². The lowest BCUT2D eigenvalue weighted by atomic mass is 9.70. The minimum absolute atomic E-state index is 0.000539. The molecule has 3 nitrogen and oxygen atoms in total. The predicted molar refractivity (Wildman–Crippen MR) is 88.8 cm³/mol. The summed E-state index contributed by atoms with van der Waals surface area (Å²) in [6, 6.07) is 12.8. The van der Waals surface area contributed by atoms with E-state index in [1.54, 1.807) is 18.2 Å². The molecule has 3 unspecified atom stereocenters. The van der Waals surface area contributed by atoms with Crippen LogP contribution in [0.2, 0.25) is 0 Å². The molecule has 3 atom stereocenters. The zero-order valence-electron chi connectivity index (χ0n) is 13.5. The van der Waals surface area contributed by atoms with Crippen LogP contribution in [0.4, 0.5) is 0 Å². The van der Waals surface area contributed by atoms with Crippen LogP contribution in [0.1, 0.15) is 49.8 Å². The van der Waals surface area contributed by atoms with E-state index in [-0.39, 0.29) is 17.3 Å². The number of aromatic hydroxyl groups is 2. The molecule has 0 radical (unpaired) electrons. The molecular formula is C20H22O3. The van der Waals surface area contributed by atoms with Gasteiger partial charge in [0.1, 0.15) is 23.4 Å². The van der Waals surface area contributed by atoms with Crippen LogP contribution >= 0.6 is 0 Å². The topological polar surface area (TPSA) is 49.7 Å². The Morgan fingerprint density at radius 1 is 1.00 bits per heavy atom. The second-order valence-corrected chi connectivity index (χ2v) is 7.52. The smallest absolute Gasteiger partial charge is 0.127 e. The highest BCUT2D eigenvalue weighted by Gasteiger charge is 2.50. The number of hydrogen-bond donors (Lipinski definition) is 2. The molecule has 1 heterocycles. The summed E-state index contributed by atoms with van der Waals surface area (Å²) >= 11 is 0. The Morgan fingerprint density at radius 2 is 1.70 bits per heavy atom. The molecule has 0 amide bonds. The summed E-state index contributed by atoms with van der Waals surface area (Å²) in [7, 11) is 0. The van der Waals surface area contributed by atoms with E-state index < -0.39 is 0 Å². The molecule has 4 rings (SSSR count). The quantitative estimate of drug-likeness (QED) is 0.799. The fraction of sp³-hybridized carbons (Fsp3) is 0.400. The Balaban J connectivity index is 1.82. The molecule has 0 bridgehead atoms. The van der Waals surface area contributed by atoms with E-state index in [9.17, 15) is 10.2 Å². The third-order valence-corrected chi connectivity index (χ3v) is 5.58. The van der Waals surface area contributed by atoms with Crippen molar-refractivity contribution in [3.05, 3.63) is 53.6 Å². The summed E-state index contributed by atoms with van der Waals surface area (Å²) < 4.78 is 6.33. The van der Waals surface area contributed by atoms with Crippen LogP contribution in [0.5, 0.6) is 17.2 Å². The summed E-state index contributed by atoms with van der Waals surface area (Å²) in [5, 5.41) is 19.5. The maximum Gasteiger partial charge on any atom is 0.127 e. The predicted octanol–water partition coefficient (Wildman–Crippen LogP) is 4.75. The maximum atomic E-state index is 9.91. The van der Waals surface area contributed by atoms with Gasteiger partial charge in [0.2, 0.25) is 0 Å². The van der Waals surface area contributed by atoms with E-state index >= 15 is 0 Å². The van der Waals surface area contributed by atoms with Gasteiger partial charge in [0.25, 0.3) is 0 Å². The van der Waals surface area contributed by atoms with Gasteiger partial charge in [0.15, 0.2) is 0 Å². The van der Waals surface area contributed by atoms with E-state index in [1.807, 2.05) is 24.3 Å². The average Bonchev–Trinajstić information content (AvgIpc) is 2.84. The monoisotopic (exact) mass is 310 g/mol. The third-order valence-electron chi connectivity index (χ3n) is 5.58. The minimum Gasteiger partial charge on any atom is -0.508 e. The van der Waals surface area contributed by atoms with Crippen LogP contribution in [0.15, 0.2) is 42.5 Å². The third kappa shape index (κ3) is 2.26. The molecular weight excluding hydrogens is 288 g/mol. The van der Waals surface area contributed by atoms with Crippen LogP contribution in [-0.4, -0.2) is 10.2 Å². The van der Waals surface area contributed by atoms with Gasteiger partial charge in [0.05, 0.1) is 0 Å². The van der Waals surface area contributed by atoms with E-state index in [0.29, 0.717) is 17.6 Å². The van der Waals surface area contributed by atoms with Gasteiger partial charge in [-0.25, -0.2) is 0 Å². The molecule has 1 saturated carbocycles. The van der Waals surface area contributed by atoms with Gasteiger partial charge in [-0.3, -0.25) is 0 Å². The molecule has 0 spiro atoms. The van der Waals surface area contributed by atoms with E-state index in [4.69, 9.17) is 4.74 Å². The van der Waals surface area contributed by atoms with Crippen molar-refractivity contribution in [2.75, 3.05) is 0 Å². The van der Waals surface area contributed by atoms with Crippen molar-refractivity contribution in [1.82, 2.24) is 0 Å². The molecule has 120 valence electrons. The highest BCUT2D eigenvalue weighted by Crippen LogP contribution is 2.61. The number of phenolic OH excluding ortho intramolecular Hbond substituents is 2. The standard InChI is InChI=1S/C20H22O3/c1-20(2)10-9-15-18(20)16-11-14(22)7-8-17(16)23-19(15)12-3-5-13(21)6-4-12/h3-8,11,15,18-19,21-22H,9-10H2,1-2H3. The normalized spacial score (nSPS) is 27.8. The number of phenols is 2. The highest BCUT2D eigenvalue weighted by atomic mass is 16.5. The largest absolute Gasteiger partial charge is 0.508 e. The first kappa shape index (κ1) is 14.4. The Bertz CT molecular complexity index is 733. The molecule has 0 aromatic heterocycles. The SMILES string of the molecule is CC1(C)CCC2C(c3ccc(O)cc3)Oc3ccc(O)cc3C21. The zero-order chi connectivity index (χ0) is 16.2. The van der Waals surface area contributed by atoms with E-state index in [1.165, 1.54) is 0 Å². The van der Waals surface area contributed by atoms with Crippen LogP contribution < -0.4 is 4.74 Å². The number of hydrogen-bond acceptors (Lipinski definition) is 3. The maximum absolute atomic E-state index is 9.91. The average molecular weight is 310 g/mol. The summed E-state index contributed by atoms with van der Waals surface area (Å²) in [4.78, 5) is 0. The summed E-state index contributed by atoms with van der Waals surface area (Å²) in [6.07, 6.45) is 2.26. The van der Waals surface area contributed by atoms with Gasteiger partial charge in [0, 0.05) is 11.5 Å².